The third-order valence-corrected chi connectivity index (χ3v) is 5.49. The Morgan fingerprint density at radius 1 is 0.590 bits per heavy atom. The number of carbonyl (C=O) groups excluding carboxylic acids is 3. The Morgan fingerprint density at radius 3 is 1.74 bits per heavy atom. The van der Waals surface area contributed by atoms with Crippen molar-refractivity contribution in [3.05, 3.63) is 116 Å². The van der Waals surface area contributed by atoms with Gasteiger partial charge in [-0.3, -0.25) is 0 Å². The van der Waals surface area contributed by atoms with Crippen LogP contribution in [0.3, 0.4) is 0 Å². The number of benzene rings is 4. The molecule has 0 bridgehead atoms. The Balaban J connectivity index is 1.35. The van der Waals surface area contributed by atoms with Crippen molar-refractivity contribution in [2.45, 2.75) is 0 Å². The van der Waals surface area contributed by atoms with Crippen LogP contribution in [0.4, 0.5) is 0 Å². The highest BCUT2D eigenvalue weighted by atomic mass is 16.7. The van der Waals surface area contributed by atoms with Crippen LogP contribution in [-0.4, -0.2) is 31.5 Å². The lowest BCUT2D eigenvalue weighted by Crippen LogP contribution is -2.09. The summed E-state index contributed by atoms with van der Waals surface area (Å²) in [6.45, 7) is 6.19. The zero-order valence-corrected chi connectivity index (χ0v) is 20.8. The van der Waals surface area contributed by atoms with E-state index in [1.807, 2.05) is 42.5 Å². The number of fused-ring (bicyclic) bond motifs is 1. The maximum atomic E-state index is 12.6. The van der Waals surface area contributed by atoms with Crippen molar-refractivity contribution >= 4 is 28.7 Å². The van der Waals surface area contributed by atoms with E-state index >= 15 is 0 Å². The van der Waals surface area contributed by atoms with E-state index in [9.17, 15) is 14.4 Å². The first-order valence-corrected chi connectivity index (χ1v) is 11.8. The van der Waals surface area contributed by atoms with E-state index in [-0.39, 0.29) is 13.6 Å². The minimum atomic E-state index is -0.585. The van der Waals surface area contributed by atoms with Gasteiger partial charge in [-0.25, -0.2) is 14.4 Å². The lowest BCUT2D eigenvalue weighted by molar-refractivity contribution is -0.145. The summed E-state index contributed by atoms with van der Waals surface area (Å²) in [6.07, 6.45) is 2.12. The van der Waals surface area contributed by atoms with Gasteiger partial charge in [0.2, 0.25) is 13.6 Å². The first-order chi connectivity index (χ1) is 18.9. The van der Waals surface area contributed by atoms with Crippen LogP contribution in [-0.2, 0) is 19.1 Å². The smallest absolute Gasteiger partial charge is 0.343 e. The second-order valence-electron chi connectivity index (χ2n) is 8.02. The van der Waals surface area contributed by atoms with Crippen LogP contribution in [0.15, 0.2) is 110 Å². The minimum Gasteiger partial charge on any atom is -0.457 e. The molecule has 4 aromatic rings. The van der Waals surface area contributed by atoms with Gasteiger partial charge in [-0.15, -0.1) is 0 Å². The van der Waals surface area contributed by atoms with Gasteiger partial charge in [0.25, 0.3) is 0 Å². The van der Waals surface area contributed by atoms with E-state index in [4.69, 9.17) is 23.7 Å². The second-order valence-corrected chi connectivity index (χ2v) is 8.02. The van der Waals surface area contributed by atoms with E-state index < -0.39 is 17.9 Å². The average Bonchev–Trinajstić information content (AvgIpc) is 2.97. The molecule has 0 saturated carbocycles. The molecule has 196 valence electrons. The van der Waals surface area contributed by atoms with Crippen molar-refractivity contribution in [3.8, 4) is 28.4 Å². The first-order valence-electron chi connectivity index (χ1n) is 11.8. The van der Waals surface area contributed by atoms with Crippen LogP contribution in [0, 0.1) is 0 Å². The highest BCUT2D eigenvalue weighted by Crippen LogP contribution is 2.28. The van der Waals surface area contributed by atoms with Crippen LogP contribution < -0.4 is 14.2 Å². The van der Waals surface area contributed by atoms with Gasteiger partial charge >= 0.3 is 17.9 Å². The SMILES string of the molecule is C=CC(=O)OCOc1ccc(OC(=O)c2ccc(-c3ccc4cc(OCOC(=O)C=C)ccc4c3)cc2)cc1. The maximum Gasteiger partial charge on any atom is 0.343 e. The number of esters is 3. The molecule has 0 aliphatic heterocycles. The fraction of sp³-hybridized carbons (Fsp3) is 0.0645. The Labute approximate surface area is 224 Å². The summed E-state index contributed by atoms with van der Waals surface area (Å²) >= 11 is 0. The molecule has 0 atom stereocenters. The molecular weight excluding hydrogens is 500 g/mol. The minimum absolute atomic E-state index is 0.196. The zero-order valence-electron chi connectivity index (χ0n) is 20.8. The molecule has 0 amide bonds. The third-order valence-electron chi connectivity index (χ3n) is 5.49. The van der Waals surface area contributed by atoms with Crippen molar-refractivity contribution < 1.29 is 38.1 Å². The van der Waals surface area contributed by atoms with Gasteiger partial charge in [-0.1, -0.05) is 43.5 Å². The number of rotatable bonds is 11. The summed E-state index contributed by atoms with van der Waals surface area (Å²) in [5.41, 5.74) is 2.31. The van der Waals surface area contributed by atoms with Gasteiger partial charge in [0.15, 0.2) is 0 Å². The fourth-order valence-electron chi connectivity index (χ4n) is 3.49. The molecule has 8 heteroatoms. The molecule has 4 aromatic carbocycles. The number of ether oxygens (including phenoxy) is 5. The molecule has 4 rings (SSSR count). The molecule has 0 radical (unpaired) electrons. The molecular formula is C31H24O8. The monoisotopic (exact) mass is 524 g/mol. The summed E-state index contributed by atoms with van der Waals surface area (Å²) < 4.78 is 25.8. The molecule has 0 N–H and O–H groups in total. The van der Waals surface area contributed by atoms with E-state index in [0.29, 0.717) is 22.8 Å². The van der Waals surface area contributed by atoms with Gasteiger partial charge < -0.3 is 23.7 Å². The average molecular weight is 525 g/mol. The van der Waals surface area contributed by atoms with Crippen LogP contribution in [0.5, 0.6) is 17.2 Å². The number of hydrogen-bond acceptors (Lipinski definition) is 8. The van der Waals surface area contributed by atoms with E-state index in [0.717, 1.165) is 34.1 Å². The lowest BCUT2D eigenvalue weighted by atomic mass is 10.00. The molecule has 39 heavy (non-hydrogen) atoms. The maximum absolute atomic E-state index is 12.6. The largest absolute Gasteiger partial charge is 0.457 e. The summed E-state index contributed by atoms with van der Waals surface area (Å²) in [6, 6.07) is 25.0. The van der Waals surface area contributed by atoms with Gasteiger partial charge in [-0.2, -0.15) is 0 Å². The lowest BCUT2D eigenvalue weighted by Gasteiger charge is -2.09. The van der Waals surface area contributed by atoms with Crippen LogP contribution in [0.2, 0.25) is 0 Å². The van der Waals surface area contributed by atoms with Crippen molar-refractivity contribution in [1.82, 2.24) is 0 Å². The van der Waals surface area contributed by atoms with Crippen LogP contribution in [0.25, 0.3) is 21.9 Å². The summed E-state index contributed by atoms with van der Waals surface area (Å²) in [5, 5.41) is 1.96. The van der Waals surface area contributed by atoms with Crippen LogP contribution >= 0.6 is 0 Å². The summed E-state index contributed by atoms with van der Waals surface area (Å²) in [7, 11) is 0. The molecule has 0 heterocycles. The van der Waals surface area contributed by atoms with E-state index in [2.05, 4.69) is 13.2 Å². The number of carbonyl (C=O) groups is 3. The van der Waals surface area contributed by atoms with Crippen molar-refractivity contribution in [2.75, 3.05) is 13.6 Å². The highest BCUT2D eigenvalue weighted by Gasteiger charge is 2.10. The van der Waals surface area contributed by atoms with Crippen molar-refractivity contribution in [3.63, 3.8) is 0 Å². The van der Waals surface area contributed by atoms with Gasteiger partial charge in [-0.05, 0) is 76.5 Å². The standard InChI is InChI=1S/C31H24O8/c1-3-29(32)37-19-35-26-13-15-27(16-14-26)39-31(34)22-7-5-21(6-8-22)23-9-10-25-18-28(12-11-24(25)17-23)36-20-38-30(33)4-2/h3-18H,1-2,19-20H2. The van der Waals surface area contributed by atoms with Gasteiger partial charge in [0.1, 0.15) is 17.2 Å². The summed E-state index contributed by atoms with van der Waals surface area (Å²) in [5.74, 6) is -0.268. The molecule has 0 unspecified atom stereocenters. The van der Waals surface area contributed by atoms with Crippen molar-refractivity contribution in [1.29, 1.82) is 0 Å². The zero-order chi connectivity index (χ0) is 27.6. The van der Waals surface area contributed by atoms with E-state index in [1.54, 1.807) is 42.5 Å². The topological polar surface area (TPSA) is 97.4 Å². The summed E-state index contributed by atoms with van der Waals surface area (Å²) in [4.78, 5) is 34.8. The molecule has 0 fully saturated rings. The quantitative estimate of drug-likeness (QED) is 0.104. The van der Waals surface area contributed by atoms with Gasteiger partial charge in [0, 0.05) is 12.2 Å². The van der Waals surface area contributed by atoms with Gasteiger partial charge in [0.05, 0.1) is 5.56 Å². The first kappa shape index (κ1) is 26.7. The molecule has 0 aromatic heterocycles. The van der Waals surface area contributed by atoms with Crippen molar-refractivity contribution in [2.24, 2.45) is 0 Å². The number of hydrogen-bond donors (Lipinski definition) is 0. The molecule has 0 spiro atoms. The molecule has 8 nitrogen and oxygen atoms in total. The predicted octanol–water partition coefficient (Wildman–Crippen LogP) is 5.86. The molecule has 0 aliphatic carbocycles. The third kappa shape index (κ3) is 7.33. The molecule has 0 saturated heterocycles. The Hall–Kier alpha value is -5.37. The highest BCUT2D eigenvalue weighted by molar-refractivity contribution is 5.92. The Bertz CT molecular complexity index is 1500. The Kier molecular flexibility index (Phi) is 8.71. The van der Waals surface area contributed by atoms with E-state index in [1.165, 1.54) is 0 Å². The predicted molar refractivity (Wildman–Crippen MR) is 144 cm³/mol. The second kappa shape index (κ2) is 12.7. The molecule has 0 aliphatic rings. The fourth-order valence-corrected chi connectivity index (χ4v) is 3.49. The normalized spacial score (nSPS) is 10.3. The Morgan fingerprint density at radius 2 is 1.10 bits per heavy atom. The van der Waals surface area contributed by atoms with Crippen LogP contribution in [0.1, 0.15) is 10.4 Å².